The van der Waals surface area contributed by atoms with Crippen LogP contribution in [-0.2, 0) is 28.5 Å². The Labute approximate surface area is 404 Å². The quantitative estimate of drug-likeness (QED) is 0.0157. The molecule has 0 rings (SSSR count). The molecule has 0 aliphatic heterocycles. The molecular weight excluding hydrogens is 831 g/mol. The second kappa shape index (κ2) is 38.6. The first-order chi connectivity index (χ1) is 31.2. The van der Waals surface area contributed by atoms with Crippen molar-refractivity contribution in [3.63, 3.8) is 0 Å². The van der Waals surface area contributed by atoms with Crippen LogP contribution >= 0.6 is 0 Å². The van der Waals surface area contributed by atoms with Gasteiger partial charge < -0.3 is 24.3 Å². The van der Waals surface area contributed by atoms with Crippen LogP contribution in [0.5, 0.6) is 0 Å². The number of allylic oxidation sites excluding steroid dienone is 4. The minimum absolute atomic E-state index is 0.368. The normalized spacial score (nSPS) is 13.5. The minimum Gasteiger partial charge on any atom is -0.461 e. The van der Waals surface area contributed by atoms with Gasteiger partial charge >= 0.3 is 24.1 Å². The molecule has 11 heteroatoms. The molecule has 2 atom stereocenters. The molecule has 1 unspecified atom stereocenters. The zero-order valence-corrected chi connectivity index (χ0v) is 44.4. The van der Waals surface area contributed by atoms with Gasteiger partial charge in [-0.05, 0) is 139 Å². The number of carbonyl (C=O) groups excluding carboxylic acids is 4. The van der Waals surface area contributed by atoms with Gasteiger partial charge in [-0.2, -0.15) is 0 Å². The minimum atomic E-state index is -1.34. The van der Waals surface area contributed by atoms with Crippen molar-refractivity contribution >= 4 is 30.1 Å². The van der Waals surface area contributed by atoms with E-state index in [1.165, 1.54) is 116 Å². The number of guanidine groups is 1. The Hall–Kier alpha value is -3.37. The average Bonchev–Trinajstić information content (AvgIpc) is 3.19. The van der Waals surface area contributed by atoms with Gasteiger partial charge in [0.2, 0.25) is 5.96 Å². The van der Waals surface area contributed by atoms with E-state index in [1.54, 1.807) is 62.3 Å². The lowest BCUT2D eigenvalue weighted by Gasteiger charge is -2.26. The van der Waals surface area contributed by atoms with Gasteiger partial charge in [0.1, 0.15) is 28.9 Å². The van der Waals surface area contributed by atoms with Crippen LogP contribution in [0, 0.1) is 0 Å². The highest BCUT2D eigenvalue weighted by atomic mass is 16.6. The summed E-state index contributed by atoms with van der Waals surface area (Å²) in [5, 5.41) is 5.24. The molecule has 0 bridgehead atoms. The largest absolute Gasteiger partial charge is 0.461 e. The Morgan fingerprint density at radius 3 is 1.23 bits per heavy atom. The number of hydrogen-bond donors (Lipinski definition) is 2. The Kier molecular flexibility index (Phi) is 36.6. The van der Waals surface area contributed by atoms with Gasteiger partial charge in [0.05, 0.1) is 6.42 Å². The molecule has 11 nitrogen and oxygen atoms in total. The van der Waals surface area contributed by atoms with Gasteiger partial charge in [-0.3, -0.25) is 10.1 Å². The van der Waals surface area contributed by atoms with Gasteiger partial charge in [0.25, 0.3) is 0 Å². The SMILES string of the molecule is CCCCCCCC/C=C\CCCCCCCCC(CCCCCCC/C=C\CCCCCCCC)OC(=O)[C@H](CC(=O)OC(C)(C)C)N/C(=N\C(=O)OC(C)(C)C)NC(=O)OC(C)(C)C. The fraction of sp³-hybridized carbons (Fsp3) is 0.836. The van der Waals surface area contributed by atoms with Gasteiger partial charge in [0.15, 0.2) is 0 Å². The number of ether oxygens (including phenoxy) is 4. The summed E-state index contributed by atoms with van der Waals surface area (Å²) in [4.78, 5) is 57.0. The zero-order chi connectivity index (χ0) is 49.5. The number of amides is 2. The summed E-state index contributed by atoms with van der Waals surface area (Å²) in [6, 6.07) is -1.34. The number of unbranched alkanes of at least 4 members (excludes halogenated alkanes) is 23. The molecule has 384 valence electrons. The molecular formula is C55H101N3O8. The van der Waals surface area contributed by atoms with E-state index in [9.17, 15) is 19.2 Å². The Morgan fingerprint density at radius 1 is 0.485 bits per heavy atom. The van der Waals surface area contributed by atoms with Crippen molar-refractivity contribution < 1.29 is 38.1 Å². The summed E-state index contributed by atoms with van der Waals surface area (Å²) in [7, 11) is 0. The predicted octanol–water partition coefficient (Wildman–Crippen LogP) is 15.9. The maximum absolute atomic E-state index is 14.1. The predicted molar refractivity (Wildman–Crippen MR) is 274 cm³/mol. The van der Waals surface area contributed by atoms with Crippen molar-refractivity contribution in [1.29, 1.82) is 0 Å². The summed E-state index contributed by atoms with van der Waals surface area (Å²) in [5.74, 6) is -1.77. The molecule has 0 saturated carbocycles. The topological polar surface area (TPSA) is 142 Å². The van der Waals surface area contributed by atoms with E-state index in [-0.39, 0.29) is 6.10 Å². The molecule has 0 aromatic carbocycles. The Morgan fingerprint density at radius 2 is 0.848 bits per heavy atom. The lowest BCUT2D eigenvalue weighted by Crippen LogP contribution is -2.52. The molecule has 0 heterocycles. The van der Waals surface area contributed by atoms with Gasteiger partial charge in [-0.15, -0.1) is 4.99 Å². The monoisotopic (exact) mass is 932 g/mol. The van der Waals surface area contributed by atoms with Crippen LogP contribution in [0.15, 0.2) is 29.3 Å². The van der Waals surface area contributed by atoms with Crippen LogP contribution in [0.1, 0.15) is 269 Å². The van der Waals surface area contributed by atoms with Crippen molar-refractivity contribution in [2.75, 3.05) is 0 Å². The maximum atomic E-state index is 14.1. The molecule has 2 N–H and O–H groups in total. The molecule has 0 spiro atoms. The Bertz CT molecular complexity index is 1350. The number of aliphatic imine (C=N–C) groups is 1. The third-order valence-corrected chi connectivity index (χ3v) is 10.7. The lowest BCUT2D eigenvalue weighted by molar-refractivity contribution is -0.161. The number of nitrogens with one attached hydrogen (secondary N) is 2. The standard InChI is InChI=1S/C55H101N3O8/c1-12-14-16-18-20-22-24-26-28-30-32-34-36-38-40-42-44-46(43-41-39-37-35-33-31-29-27-25-23-21-19-17-15-13-2)63-49(60)47(45-48(59)64-53(3,4)5)56-50(57-51(61)65-54(6,7)8)58-52(62)66-55(9,10)11/h26-29,46-47H,12-25,30-45H2,1-11H3,(H2,56,57,58,61,62)/b28-26-,29-27-/t46?,47-/m0/s1. The first kappa shape index (κ1) is 62.6. The lowest BCUT2D eigenvalue weighted by atomic mass is 10.0. The highest BCUT2D eigenvalue weighted by Gasteiger charge is 2.31. The number of carbonyl (C=O) groups is 4. The van der Waals surface area contributed by atoms with Crippen molar-refractivity contribution in [2.45, 2.75) is 298 Å². The molecule has 0 aliphatic carbocycles. The molecule has 0 fully saturated rings. The molecule has 0 radical (unpaired) electrons. The van der Waals surface area contributed by atoms with Crippen LogP contribution in [0.2, 0.25) is 0 Å². The van der Waals surface area contributed by atoms with E-state index < -0.39 is 59.4 Å². The second-order valence-corrected chi connectivity index (χ2v) is 21.2. The highest BCUT2D eigenvalue weighted by Crippen LogP contribution is 2.20. The van der Waals surface area contributed by atoms with Crippen molar-refractivity contribution in [3.05, 3.63) is 24.3 Å². The van der Waals surface area contributed by atoms with E-state index in [4.69, 9.17) is 18.9 Å². The number of rotatable bonds is 36. The second-order valence-electron chi connectivity index (χ2n) is 21.2. The van der Waals surface area contributed by atoms with Crippen LogP contribution in [0.4, 0.5) is 9.59 Å². The third kappa shape index (κ3) is 43.2. The first-order valence-electron chi connectivity index (χ1n) is 26.5. The molecule has 2 amide bonds. The number of nitrogens with zero attached hydrogens (tertiary/aromatic N) is 1. The van der Waals surface area contributed by atoms with Crippen LogP contribution in [0.25, 0.3) is 0 Å². The van der Waals surface area contributed by atoms with E-state index in [0.29, 0.717) is 12.8 Å². The fourth-order valence-electron chi connectivity index (χ4n) is 7.35. The zero-order valence-electron chi connectivity index (χ0n) is 44.4. The van der Waals surface area contributed by atoms with E-state index in [0.717, 1.165) is 57.8 Å². The molecule has 0 aromatic heterocycles. The fourth-order valence-corrected chi connectivity index (χ4v) is 7.35. The first-order valence-corrected chi connectivity index (χ1v) is 26.5. The molecule has 0 aromatic rings. The van der Waals surface area contributed by atoms with Crippen molar-refractivity contribution in [3.8, 4) is 0 Å². The Balaban J connectivity index is 5.69. The number of alkyl carbamates (subject to hydrolysis) is 1. The maximum Gasteiger partial charge on any atom is 0.437 e. The van der Waals surface area contributed by atoms with Gasteiger partial charge in [0, 0.05) is 0 Å². The van der Waals surface area contributed by atoms with E-state index in [1.807, 2.05) is 0 Å². The van der Waals surface area contributed by atoms with Gasteiger partial charge in [-0.25, -0.2) is 14.4 Å². The van der Waals surface area contributed by atoms with E-state index >= 15 is 0 Å². The van der Waals surface area contributed by atoms with Crippen LogP contribution < -0.4 is 10.6 Å². The van der Waals surface area contributed by atoms with Crippen LogP contribution in [-0.4, -0.2) is 59.0 Å². The summed E-state index contributed by atoms with van der Waals surface area (Å²) < 4.78 is 22.6. The average molecular weight is 932 g/mol. The summed E-state index contributed by atoms with van der Waals surface area (Å²) in [6.45, 7) is 19.9. The third-order valence-electron chi connectivity index (χ3n) is 10.7. The summed E-state index contributed by atoms with van der Waals surface area (Å²) in [6.07, 6.45) is 40.7. The van der Waals surface area contributed by atoms with Crippen molar-refractivity contribution in [2.24, 2.45) is 4.99 Å². The van der Waals surface area contributed by atoms with Crippen LogP contribution in [0.3, 0.4) is 0 Å². The number of esters is 2. The molecule has 0 saturated heterocycles. The van der Waals surface area contributed by atoms with Crippen molar-refractivity contribution in [1.82, 2.24) is 10.6 Å². The summed E-state index contributed by atoms with van der Waals surface area (Å²) >= 11 is 0. The number of hydrogen-bond acceptors (Lipinski definition) is 8. The summed E-state index contributed by atoms with van der Waals surface area (Å²) in [5.41, 5.74) is -2.56. The van der Waals surface area contributed by atoms with E-state index in [2.05, 4.69) is 53.8 Å². The van der Waals surface area contributed by atoms with Gasteiger partial charge in [-0.1, -0.05) is 147 Å². The smallest absolute Gasteiger partial charge is 0.437 e. The molecule has 0 aliphatic rings. The molecule has 66 heavy (non-hydrogen) atoms. The highest BCUT2D eigenvalue weighted by molar-refractivity contribution is 6.01.